The number of methoxy groups -OCH3 is 1. The van der Waals surface area contributed by atoms with E-state index in [1.54, 1.807) is 7.11 Å². The molecule has 0 aliphatic rings. The molecule has 1 aromatic carbocycles. The molecule has 26 heavy (non-hydrogen) atoms. The molecule has 0 aliphatic carbocycles. The highest BCUT2D eigenvalue weighted by Crippen LogP contribution is 2.20. The minimum absolute atomic E-state index is 0.0504. The maximum Gasteiger partial charge on any atom is 0.230 e. The van der Waals surface area contributed by atoms with Crippen LogP contribution in [0.25, 0.3) is 0 Å². The fourth-order valence-electron chi connectivity index (χ4n) is 2.35. The van der Waals surface area contributed by atoms with Gasteiger partial charge in [-0.15, -0.1) is 10.2 Å². The highest BCUT2D eigenvalue weighted by Gasteiger charge is 2.14. The summed E-state index contributed by atoms with van der Waals surface area (Å²) in [5, 5.41) is 11.3. The Bertz CT molecular complexity index is 750. The van der Waals surface area contributed by atoms with Crippen molar-refractivity contribution in [1.29, 1.82) is 0 Å². The molecule has 0 saturated carbocycles. The third kappa shape index (κ3) is 5.63. The van der Waals surface area contributed by atoms with Crippen molar-refractivity contribution >= 4 is 17.7 Å². The van der Waals surface area contributed by atoms with E-state index in [4.69, 9.17) is 15.3 Å². The molecule has 0 fully saturated rings. The number of aromatic nitrogens is 3. The Hall–Kier alpha value is -2.26. The molecule has 2 rings (SSSR count). The molecule has 9 heteroatoms. The molecule has 1 amide bonds. The molecule has 0 radical (unpaired) electrons. The Balaban J connectivity index is 1.88. The number of rotatable bonds is 9. The topological polar surface area (TPSA) is 104 Å². The zero-order valence-corrected chi connectivity index (χ0v) is 16.3. The second kappa shape index (κ2) is 9.44. The predicted octanol–water partition coefficient (Wildman–Crippen LogP) is 1.43. The molecule has 0 bridgehead atoms. The molecule has 0 spiro atoms. The minimum Gasteiger partial charge on any atom is -0.485 e. The van der Waals surface area contributed by atoms with Crippen LogP contribution >= 0.6 is 11.8 Å². The number of hydrogen-bond acceptors (Lipinski definition) is 7. The van der Waals surface area contributed by atoms with Crippen LogP contribution in [0, 0.1) is 13.8 Å². The van der Waals surface area contributed by atoms with Gasteiger partial charge in [-0.2, -0.15) is 0 Å². The van der Waals surface area contributed by atoms with Gasteiger partial charge in [-0.05, 0) is 32.4 Å². The van der Waals surface area contributed by atoms with Crippen LogP contribution < -0.4 is 15.9 Å². The third-order valence-corrected chi connectivity index (χ3v) is 4.52. The first-order valence-electron chi connectivity index (χ1n) is 8.21. The van der Waals surface area contributed by atoms with Crippen LogP contribution in [-0.4, -0.2) is 46.3 Å². The number of nitrogens with zero attached hydrogens (tertiary/aromatic N) is 3. The Morgan fingerprint density at radius 1 is 1.38 bits per heavy atom. The fourth-order valence-corrected chi connectivity index (χ4v) is 3.03. The van der Waals surface area contributed by atoms with Crippen LogP contribution in [0.3, 0.4) is 0 Å². The Morgan fingerprint density at radius 2 is 2.15 bits per heavy atom. The number of aryl methyl sites for hydroxylation is 2. The molecule has 0 unspecified atom stereocenters. The molecular weight excluding hydrogens is 354 g/mol. The first-order valence-corrected chi connectivity index (χ1v) is 9.19. The number of ether oxygens (including phenoxy) is 2. The molecule has 0 saturated heterocycles. The van der Waals surface area contributed by atoms with E-state index >= 15 is 0 Å². The van der Waals surface area contributed by atoms with Gasteiger partial charge in [-0.3, -0.25) is 4.79 Å². The van der Waals surface area contributed by atoms with Gasteiger partial charge >= 0.3 is 0 Å². The maximum absolute atomic E-state index is 11.9. The van der Waals surface area contributed by atoms with Crippen LogP contribution in [0.2, 0.25) is 0 Å². The lowest BCUT2D eigenvalue weighted by molar-refractivity contribution is -0.119. The van der Waals surface area contributed by atoms with E-state index in [-0.39, 0.29) is 24.3 Å². The summed E-state index contributed by atoms with van der Waals surface area (Å²) in [7, 11) is 1.59. The lowest BCUT2D eigenvalue weighted by atomic mass is 10.1. The summed E-state index contributed by atoms with van der Waals surface area (Å²) >= 11 is 1.22. The van der Waals surface area contributed by atoms with Crippen LogP contribution in [0.4, 0.5) is 0 Å². The van der Waals surface area contributed by atoms with Crippen molar-refractivity contribution in [2.75, 3.05) is 25.3 Å². The van der Waals surface area contributed by atoms with E-state index < -0.39 is 0 Å². The highest BCUT2D eigenvalue weighted by molar-refractivity contribution is 7.99. The summed E-state index contributed by atoms with van der Waals surface area (Å²) in [6, 6.07) is 5.90. The van der Waals surface area contributed by atoms with Crippen molar-refractivity contribution < 1.29 is 14.3 Å². The number of nitrogens with two attached hydrogens (primary N) is 1. The maximum atomic E-state index is 11.9. The molecule has 1 aromatic heterocycles. The molecule has 0 aliphatic heterocycles. The van der Waals surface area contributed by atoms with Crippen molar-refractivity contribution in [2.45, 2.75) is 38.6 Å². The van der Waals surface area contributed by atoms with Crippen LogP contribution in [0.5, 0.6) is 5.75 Å². The normalized spacial score (nSPS) is 12.0. The average Bonchev–Trinajstić information content (AvgIpc) is 2.92. The molecule has 8 nitrogen and oxygen atoms in total. The second-order valence-electron chi connectivity index (χ2n) is 6.04. The summed E-state index contributed by atoms with van der Waals surface area (Å²) < 4.78 is 12.1. The molecule has 1 atom stereocenters. The molecular formula is C17H25N5O3S. The SMILES string of the molecule is COC[C@@H](C)NC(=O)CSc1nnc(COc2ccc(C)cc2C)n1N. The van der Waals surface area contributed by atoms with Crippen molar-refractivity contribution in [2.24, 2.45) is 0 Å². The molecule has 142 valence electrons. The highest BCUT2D eigenvalue weighted by atomic mass is 32.2. The number of carbonyl (C=O) groups excluding carboxylic acids is 1. The van der Waals surface area contributed by atoms with E-state index in [1.807, 2.05) is 39.0 Å². The van der Waals surface area contributed by atoms with E-state index in [0.717, 1.165) is 11.3 Å². The number of hydrogen-bond donors (Lipinski definition) is 2. The lowest BCUT2D eigenvalue weighted by Gasteiger charge is -2.12. The van der Waals surface area contributed by atoms with Gasteiger partial charge in [0, 0.05) is 13.2 Å². The van der Waals surface area contributed by atoms with Gasteiger partial charge in [0.2, 0.25) is 11.1 Å². The van der Waals surface area contributed by atoms with Gasteiger partial charge < -0.3 is 20.6 Å². The van der Waals surface area contributed by atoms with E-state index in [1.165, 1.54) is 22.0 Å². The number of benzene rings is 1. The summed E-state index contributed by atoms with van der Waals surface area (Å²) in [6.07, 6.45) is 0. The van der Waals surface area contributed by atoms with Crippen molar-refractivity contribution in [3.05, 3.63) is 35.2 Å². The summed E-state index contributed by atoms with van der Waals surface area (Å²) in [6.45, 7) is 6.55. The Labute approximate surface area is 157 Å². The standard InChI is InChI=1S/C17H25N5O3S/c1-11-5-6-14(12(2)7-11)25-9-15-20-21-17(22(15)18)26-10-16(23)19-13(3)8-24-4/h5-7,13H,8-10,18H2,1-4H3,(H,19,23)/t13-/m1/s1. The first-order chi connectivity index (χ1) is 12.4. The Kier molecular flexibility index (Phi) is 7.28. The van der Waals surface area contributed by atoms with Crippen molar-refractivity contribution in [3.63, 3.8) is 0 Å². The average molecular weight is 379 g/mol. The Morgan fingerprint density at radius 3 is 2.85 bits per heavy atom. The number of carbonyl (C=O) groups is 1. The molecule has 1 heterocycles. The smallest absolute Gasteiger partial charge is 0.230 e. The quantitative estimate of drug-likeness (QED) is 0.502. The first kappa shape index (κ1) is 20.1. The van der Waals surface area contributed by atoms with Gasteiger partial charge in [0.25, 0.3) is 0 Å². The largest absolute Gasteiger partial charge is 0.485 e. The monoisotopic (exact) mass is 379 g/mol. The van der Waals surface area contributed by atoms with Gasteiger partial charge in [0.05, 0.1) is 12.4 Å². The summed E-state index contributed by atoms with van der Waals surface area (Å²) in [4.78, 5) is 11.9. The predicted molar refractivity (Wildman–Crippen MR) is 101 cm³/mol. The number of nitrogens with one attached hydrogen (secondary N) is 1. The molecule has 3 N–H and O–H groups in total. The van der Waals surface area contributed by atoms with E-state index in [9.17, 15) is 4.79 Å². The lowest BCUT2D eigenvalue weighted by Crippen LogP contribution is -2.36. The van der Waals surface area contributed by atoms with Crippen LogP contribution in [0.15, 0.2) is 23.4 Å². The van der Waals surface area contributed by atoms with E-state index in [0.29, 0.717) is 17.6 Å². The third-order valence-electron chi connectivity index (χ3n) is 3.58. The minimum atomic E-state index is -0.115. The zero-order valence-electron chi connectivity index (χ0n) is 15.5. The van der Waals surface area contributed by atoms with Gasteiger partial charge in [0.1, 0.15) is 12.4 Å². The zero-order chi connectivity index (χ0) is 19.1. The summed E-state index contributed by atoms with van der Waals surface area (Å²) in [5.74, 6) is 7.35. The number of thioether (sulfide) groups is 1. The number of amides is 1. The second-order valence-corrected chi connectivity index (χ2v) is 6.98. The van der Waals surface area contributed by atoms with E-state index in [2.05, 4.69) is 15.5 Å². The van der Waals surface area contributed by atoms with Crippen molar-refractivity contribution in [3.8, 4) is 5.75 Å². The summed E-state index contributed by atoms with van der Waals surface area (Å²) in [5.41, 5.74) is 2.22. The van der Waals surface area contributed by atoms with Gasteiger partial charge in [-0.25, -0.2) is 4.68 Å². The fraction of sp³-hybridized carbons (Fsp3) is 0.471. The van der Waals surface area contributed by atoms with Gasteiger partial charge in [0.15, 0.2) is 5.82 Å². The van der Waals surface area contributed by atoms with Crippen LogP contribution in [-0.2, 0) is 16.1 Å². The number of nitrogen functional groups attached to an aromatic ring is 1. The van der Waals surface area contributed by atoms with Crippen molar-refractivity contribution in [1.82, 2.24) is 20.2 Å². The van der Waals surface area contributed by atoms with Gasteiger partial charge in [-0.1, -0.05) is 29.5 Å². The van der Waals surface area contributed by atoms with Crippen LogP contribution in [0.1, 0.15) is 23.9 Å². The molecule has 2 aromatic rings.